The summed E-state index contributed by atoms with van der Waals surface area (Å²) < 4.78 is 17.1. The van der Waals surface area contributed by atoms with Crippen LogP contribution in [0.5, 0.6) is 0 Å². The number of amidine groups is 1. The number of hydrogen-bond acceptors (Lipinski definition) is 9. The number of nitrogens with zero attached hydrogens (tertiary/aromatic N) is 2. The fourth-order valence-corrected chi connectivity index (χ4v) is 4.79. The largest absolute Gasteiger partial charge is 0.462 e. The average molecular weight is 531 g/mol. The Morgan fingerprint density at radius 1 is 1.37 bits per heavy atom. The van der Waals surface area contributed by atoms with E-state index in [2.05, 4.69) is 9.98 Å². The van der Waals surface area contributed by atoms with Crippen LogP contribution >= 0.6 is 0 Å². The van der Waals surface area contributed by atoms with Crippen LogP contribution in [-0.2, 0) is 29.4 Å². The zero-order chi connectivity index (χ0) is 28.1. The molecule has 0 amide bonds. The van der Waals surface area contributed by atoms with Gasteiger partial charge in [-0.05, 0) is 36.3 Å². The summed E-state index contributed by atoms with van der Waals surface area (Å²) in [4.78, 5) is 32.0. The highest BCUT2D eigenvalue weighted by molar-refractivity contribution is 5.99. The summed E-state index contributed by atoms with van der Waals surface area (Å²) in [6, 6.07) is 4.07. The van der Waals surface area contributed by atoms with Crippen LogP contribution in [0.4, 0.5) is 0 Å². The number of hydrogen-bond donors (Lipinski definition) is 5. The third-order valence-corrected chi connectivity index (χ3v) is 7.19. The van der Waals surface area contributed by atoms with Crippen molar-refractivity contribution in [1.82, 2.24) is 4.98 Å². The standard InChI is InChI=1S/C26H38N6O6/c1-25(2,3)21(29)24(35)36-12-17-20(37-19(33)11-15-7-5-4-6-8-15)22(34)26(13-27,38-17)18-10-9-16(32-18)23(30)31-14-28/h9-10,14-15,17,20-22,32,34H,4-8,11-12,29H2,1-3H3,(H3,28,30,31)/t17-,20-,21-,22-,26+/m1/s1. The monoisotopic (exact) mass is 530 g/mol. The van der Waals surface area contributed by atoms with Gasteiger partial charge >= 0.3 is 11.9 Å². The van der Waals surface area contributed by atoms with E-state index in [4.69, 9.17) is 31.1 Å². The Hall–Kier alpha value is -3.27. The van der Waals surface area contributed by atoms with Crippen molar-refractivity contribution in [3.05, 3.63) is 23.5 Å². The van der Waals surface area contributed by atoms with E-state index in [9.17, 15) is 20.0 Å². The quantitative estimate of drug-likeness (QED) is 0.178. The molecule has 2 fully saturated rings. The van der Waals surface area contributed by atoms with Gasteiger partial charge in [0.2, 0.25) is 5.60 Å². The van der Waals surface area contributed by atoms with Crippen LogP contribution in [0.15, 0.2) is 17.1 Å². The molecule has 38 heavy (non-hydrogen) atoms. The number of nitrogens with two attached hydrogens (primary N) is 2. The highest BCUT2D eigenvalue weighted by Crippen LogP contribution is 2.41. The highest BCUT2D eigenvalue weighted by Gasteiger charge is 2.59. The minimum Gasteiger partial charge on any atom is -0.462 e. The maximum Gasteiger partial charge on any atom is 0.323 e. The molecule has 2 heterocycles. The molecule has 1 aliphatic heterocycles. The fourth-order valence-electron chi connectivity index (χ4n) is 4.79. The fraction of sp³-hybridized carbons (Fsp3) is 0.654. The summed E-state index contributed by atoms with van der Waals surface area (Å²) in [6.07, 6.45) is 2.01. The number of aliphatic hydroxyl groups is 1. The van der Waals surface area contributed by atoms with Gasteiger partial charge in [0, 0.05) is 6.42 Å². The van der Waals surface area contributed by atoms with Crippen molar-refractivity contribution in [2.45, 2.75) is 89.3 Å². The van der Waals surface area contributed by atoms with Gasteiger partial charge < -0.3 is 35.8 Å². The smallest absolute Gasteiger partial charge is 0.323 e. The molecule has 12 nitrogen and oxygen atoms in total. The maximum atomic E-state index is 12.9. The molecule has 208 valence electrons. The van der Waals surface area contributed by atoms with E-state index in [1.807, 2.05) is 6.07 Å². The van der Waals surface area contributed by atoms with Crippen LogP contribution in [0.25, 0.3) is 0 Å². The molecule has 1 aliphatic carbocycles. The zero-order valence-corrected chi connectivity index (χ0v) is 22.1. The number of esters is 2. The number of nitrogens with one attached hydrogen (secondary N) is 2. The summed E-state index contributed by atoms with van der Waals surface area (Å²) >= 11 is 0. The van der Waals surface area contributed by atoms with Crippen molar-refractivity contribution < 1.29 is 28.9 Å². The lowest BCUT2D eigenvalue weighted by molar-refractivity contribution is -0.162. The number of aromatic amines is 1. The molecular formula is C26H38N6O6. The Balaban J connectivity index is 1.85. The number of carbonyl (C=O) groups is 2. The average Bonchev–Trinajstić information content (AvgIpc) is 3.47. The van der Waals surface area contributed by atoms with Gasteiger partial charge in [-0.3, -0.25) is 15.0 Å². The summed E-state index contributed by atoms with van der Waals surface area (Å²) in [6.45, 7) is 4.99. The first-order valence-electron chi connectivity index (χ1n) is 12.8. The number of rotatable bonds is 9. The van der Waals surface area contributed by atoms with Crippen LogP contribution in [0.3, 0.4) is 0 Å². The van der Waals surface area contributed by atoms with Crippen LogP contribution in [0.2, 0.25) is 0 Å². The van der Waals surface area contributed by atoms with Crippen LogP contribution < -0.4 is 11.5 Å². The molecule has 1 aromatic heterocycles. The number of ether oxygens (including phenoxy) is 3. The SMILES string of the molecule is CC(C)(C)[C@H](N)C(=O)OC[C@H]1O[C@@](C#N)(c2ccc(/C(N)=N\C=N)[nH]2)[C@H](O)[C@@H]1OC(=O)CC1CCCCC1. The van der Waals surface area contributed by atoms with Gasteiger partial charge in [-0.1, -0.05) is 40.0 Å². The Morgan fingerprint density at radius 3 is 2.66 bits per heavy atom. The second-order valence-corrected chi connectivity index (χ2v) is 11.0. The van der Waals surface area contributed by atoms with Crippen LogP contribution in [-0.4, -0.2) is 65.2 Å². The molecule has 0 unspecified atom stereocenters. The number of aliphatic hydroxyl groups excluding tert-OH is 1. The van der Waals surface area contributed by atoms with E-state index in [1.54, 1.807) is 20.8 Å². The van der Waals surface area contributed by atoms with Gasteiger partial charge in [0.1, 0.15) is 43.1 Å². The van der Waals surface area contributed by atoms with Gasteiger partial charge in [-0.25, -0.2) is 4.99 Å². The summed E-state index contributed by atoms with van der Waals surface area (Å²) in [5.41, 5.74) is 9.73. The van der Waals surface area contributed by atoms with E-state index in [0.29, 0.717) is 5.69 Å². The van der Waals surface area contributed by atoms with Crippen molar-refractivity contribution in [3.8, 4) is 6.07 Å². The van der Waals surface area contributed by atoms with Gasteiger partial charge in [0.15, 0.2) is 6.10 Å². The Bertz CT molecular complexity index is 1080. The molecule has 3 rings (SSSR count). The second kappa shape index (κ2) is 12.1. The molecule has 0 radical (unpaired) electrons. The number of carbonyl (C=O) groups excluding carboxylic acids is 2. The normalized spacial score (nSPS) is 27.4. The lowest BCUT2D eigenvalue weighted by atomic mass is 9.87. The lowest BCUT2D eigenvalue weighted by Gasteiger charge is -2.26. The molecule has 12 heteroatoms. The summed E-state index contributed by atoms with van der Waals surface area (Å²) in [5.74, 6) is -1.02. The van der Waals surface area contributed by atoms with Crippen molar-refractivity contribution in [3.63, 3.8) is 0 Å². The highest BCUT2D eigenvalue weighted by atomic mass is 16.6. The first-order chi connectivity index (χ1) is 17.9. The molecule has 0 aromatic carbocycles. The minimum absolute atomic E-state index is 0.0102. The van der Waals surface area contributed by atoms with Gasteiger partial charge in [-0.2, -0.15) is 5.26 Å². The van der Waals surface area contributed by atoms with Gasteiger partial charge in [0.25, 0.3) is 0 Å². The number of aromatic nitrogens is 1. The minimum atomic E-state index is -1.98. The summed E-state index contributed by atoms with van der Waals surface area (Å²) in [5, 5.41) is 28.6. The molecule has 2 aliphatic rings. The molecule has 1 aromatic rings. The molecule has 0 bridgehead atoms. The number of aliphatic imine (C=N–C) groups is 1. The van der Waals surface area contributed by atoms with Crippen molar-refractivity contribution in [1.29, 1.82) is 10.7 Å². The molecule has 7 N–H and O–H groups in total. The second-order valence-electron chi connectivity index (χ2n) is 11.0. The van der Waals surface area contributed by atoms with Gasteiger partial charge in [0.05, 0.1) is 11.4 Å². The van der Waals surface area contributed by atoms with E-state index >= 15 is 0 Å². The van der Waals surface area contributed by atoms with Crippen molar-refractivity contribution >= 4 is 24.1 Å². The third kappa shape index (κ3) is 6.40. The molecule has 1 saturated heterocycles. The Kier molecular flexibility index (Phi) is 9.30. The molecule has 1 saturated carbocycles. The van der Waals surface area contributed by atoms with E-state index in [1.165, 1.54) is 12.1 Å². The van der Waals surface area contributed by atoms with Crippen molar-refractivity contribution in [2.24, 2.45) is 27.8 Å². The molecule has 0 spiro atoms. The number of H-pyrrole nitrogens is 1. The topological polar surface area (TPSA) is 210 Å². The predicted molar refractivity (Wildman–Crippen MR) is 138 cm³/mol. The molecule has 5 atom stereocenters. The van der Waals surface area contributed by atoms with Crippen LogP contribution in [0, 0.1) is 28.1 Å². The van der Waals surface area contributed by atoms with Crippen molar-refractivity contribution in [2.75, 3.05) is 6.61 Å². The van der Waals surface area contributed by atoms with E-state index in [0.717, 1.165) is 38.4 Å². The van der Waals surface area contributed by atoms with Gasteiger partial charge in [-0.15, -0.1) is 0 Å². The number of nitriles is 1. The van der Waals surface area contributed by atoms with E-state index in [-0.39, 0.29) is 23.9 Å². The summed E-state index contributed by atoms with van der Waals surface area (Å²) in [7, 11) is 0. The molecular weight excluding hydrogens is 492 g/mol. The van der Waals surface area contributed by atoms with E-state index < -0.39 is 53.9 Å². The maximum absolute atomic E-state index is 12.9. The Labute approximate surface area is 222 Å². The predicted octanol–water partition coefficient (Wildman–Crippen LogP) is 1.60. The van der Waals surface area contributed by atoms with Crippen LogP contribution in [0.1, 0.15) is 70.7 Å². The zero-order valence-electron chi connectivity index (χ0n) is 22.1. The first-order valence-corrected chi connectivity index (χ1v) is 12.8. The lowest BCUT2D eigenvalue weighted by Crippen LogP contribution is -2.45. The first kappa shape index (κ1) is 29.3. The Morgan fingerprint density at radius 2 is 2.05 bits per heavy atom. The third-order valence-electron chi connectivity index (χ3n) is 7.19.